The van der Waals surface area contributed by atoms with Crippen LogP contribution in [0.2, 0.25) is 0 Å². The Labute approximate surface area is 152 Å². The Kier molecular flexibility index (Phi) is 5.06. The summed E-state index contributed by atoms with van der Waals surface area (Å²) in [5, 5.41) is 15.4. The molecule has 7 heteroatoms. The van der Waals surface area contributed by atoms with E-state index in [1.165, 1.54) is 6.42 Å². The molecule has 0 bridgehead atoms. The van der Waals surface area contributed by atoms with Crippen LogP contribution >= 0.6 is 0 Å². The van der Waals surface area contributed by atoms with Crippen LogP contribution in [-0.2, 0) is 6.54 Å². The van der Waals surface area contributed by atoms with Gasteiger partial charge >= 0.3 is 5.69 Å². The highest BCUT2D eigenvalue weighted by Gasteiger charge is 2.24. The molecule has 7 nitrogen and oxygen atoms in total. The molecule has 0 aliphatic carbocycles. The first-order valence-corrected chi connectivity index (χ1v) is 8.96. The molecule has 1 unspecified atom stereocenters. The van der Waals surface area contributed by atoms with Gasteiger partial charge in [-0.2, -0.15) is 5.10 Å². The number of hydrogen-bond donors (Lipinski definition) is 0. The molecule has 1 aromatic heterocycles. The fourth-order valence-corrected chi connectivity index (χ4v) is 3.60. The first-order valence-electron chi connectivity index (χ1n) is 8.96. The monoisotopic (exact) mass is 356 g/mol. The van der Waals surface area contributed by atoms with Crippen molar-refractivity contribution in [1.29, 1.82) is 0 Å². The first kappa shape index (κ1) is 18.1. The van der Waals surface area contributed by atoms with E-state index in [0.717, 1.165) is 24.9 Å². The van der Waals surface area contributed by atoms with Crippen molar-refractivity contribution in [2.45, 2.75) is 52.6 Å². The van der Waals surface area contributed by atoms with Crippen molar-refractivity contribution < 1.29 is 9.72 Å². The smallest absolute Gasteiger partial charge is 0.312 e. The molecule has 3 rings (SSSR count). The zero-order valence-corrected chi connectivity index (χ0v) is 15.4. The number of likely N-dealkylation sites (tertiary alicyclic amines) is 1. The number of piperidine rings is 1. The molecule has 1 amide bonds. The number of benzene rings is 1. The second kappa shape index (κ2) is 7.27. The number of nitrogens with zero attached hydrogens (tertiary/aromatic N) is 4. The fourth-order valence-electron chi connectivity index (χ4n) is 3.60. The zero-order valence-electron chi connectivity index (χ0n) is 15.4. The van der Waals surface area contributed by atoms with Crippen molar-refractivity contribution in [1.82, 2.24) is 14.7 Å². The second-order valence-electron chi connectivity index (χ2n) is 6.97. The Morgan fingerprint density at radius 1 is 1.27 bits per heavy atom. The maximum atomic E-state index is 12.7. The molecule has 0 N–H and O–H groups in total. The Bertz CT molecular complexity index is 826. The zero-order chi connectivity index (χ0) is 18.8. The van der Waals surface area contributed by atoms with E-state index < -0.39 is 4.92 Å². The van der Waals surface area contributed by atoms with Crippen molar-refractivity contribution in [2.75, 3.05) is 6.54 Å². The van der Waals surface area contributed by atoms with Gasteiger partial charge < -0.3 is 4.90 Å². The predicted octanol–water partition coefficient (Wildman–Crippen LogP) is 3.47. The Hall–Kier alpha value is -2.70. The molecular weight excluding hydrogens is 332 g/mol. The summed E-state index contributed by atoms with van der Waals surface area (Å²) in [5.74, 6) is 0.0745. The number of aryl methyl sites for hydroxylation is 1. The summed E-state index contributed by atoms with van der Waals surface area (Å²) in [4.78, 5) is 25.4. The predicted molar refractivity (Wildman–Crippen MR) is 98.2 cm³/mol. The van der Waals surface area contributed by atoms with Crippen LogP contribution in [0.1, 0.15) is 53.5 Å². The summed E-state index contributed by atoms with van der Waals surface area (Å²) in [7, 11) is 0. The summed E-state index contributed by atoms with van der Waals surface area (Å²) in [6.07, 6.45) is 3.30. The van der Waals surface area contributed by atoms with Crippen LogP contribution in [0.25, 0.3) is 0 Å². The standard InChI is InChI=1S/C19H24N4O3/c1-13-6-4-5-11-21(13)19(24)17-9-7-16(8-10-17)12-22-15(3)18(23(25)26)14(2)20-22/h7-10,13H,4-6,11-12H2,1-3H3. The van der Waals surface area contributed by atoms with Gasteiger partial charge in [-0.15, -0.1) is 0 Å². The third kappa shape index (κ3) is 3.47. The average Bonchev–Trinajstić information content (AvgIpc) is 2.89. The van der Waals surface area contributed by atoms with Crippen molar-refractivity contribution in [2.24, 2.45) is 0 Å². The van der Waals surface area contributed by atoms with Gasteiger partial charge in [-0.25, -0.2) is 0 Å². The largest absolute Gasteiger partial charge is 0.336 e. The number of aromatic nitrogens is 2. The molecule has 26 heavy (non-hydrogen) atoms. The SMILES string of the molecule is Cc1nn(Cc2ccc(C(=O)N3CCCCC3C)cc2)c(C)c1[N+](=O)[O-]. The van der Waals surface area contributed by atoms with E-state index in [-0.39, 0.29) is 17.6 Å². The van der Waals surface area contributed by atoms with E-state index >= 15 is 0 Å². The van der Waals surface area contributed by atoms with Crippen molar-refractivity contribution in [3.05, 3.63) is 56.9 Å². The van der Waals surface area contributed by atoms with Gasteiger partial charge in [0.1, 0.15) is 11.4 Å². The summed E-state index contributed by atoms with van der Waals surface area (Å²) in [5.41, 5.74) is 2.65. The quantitative estimate of drug-likeness (QED) is 0.620. The van der Waals surface area contributed by atoms with Gasteiger partial charge in [0.2, 0.25) is 0 Å². The minimum absolute atomic E-state index is 0.0656. The Morgan fingerprint density at radius 3 is 2.54 bits per heavy atom. The van der Waals surface area contributed by atoms with Crippen LogP contribution in [0.15, 0.2) is 24.3 Å². The lowest BCUT2D eigenvalue weighted by Gasteiger charge is -2.33. The van der Waals surface area contributed by atoms with E-state index in [2.05, 4.69) is 12.0 Å². The van der Waals surface area contributed by atoms with Gasteiger partial charge in [0.25, 0.3) is 5.91 Å². The molecular formula is C19H24N4O3. The average molecular weight is 356 g/mol. The van der Waals surface area contributed by atoms with Crippen LogP contribution in [-0.4, -0.2) is 38.1 Å². The van der Waals surface area contributed by atoms with Crippen LogP contribution in [0.4, 0.5) is 5.69 Å². The number of carbonyl (C=O) groups excluding carboxylic acids is 1. The third-order valence-corrected chi connectivity index (χ3v) is 5.12. The summed E-state index contributed by atoms with van der Waals surface area (Å²) in [6.45, 7) is 6.70. The maximum Gasteiger partial charge on any atom is 0.312 e. The minimum atomic E-state index is -0.393. The van der Waals surface area contributed by atoms with E-state index in [0.29, 0.717) is 23.5 Å². The highest BCUT2D eigenvalue weighted by molar-refractivity contribution is 5.94. The molecule has 0 radical (unpaired) electrons. The molecule has 1 saturated heterocycles. The van der Waals surface area contributed by atoms with Crippen LogP contribution in [0.3, 0.4) is 0 Å². The number of hydrogen-bond acceptors (Lipinski definition) is 4. The molecule has 0 saturated carbocycles. The van der Waals surface area contributed by atoms with E-state index in [4.69, 9.17) is 0 Å². The van der Waals surface area contributed by atoms with Crippen molar-refractivity contribution in [3.63, 3.8) is 0 Å². The van der Waals surface area contributed by atoms with Gasteiger partial charge in [0.05, 0.1) is 11.5 Å². The van der Waals surface area contributed by atoms with E-state index in [9.17, 15) is 14.9 Å². The Morgan fingerprint density at radius 2 is 1.96 bits per heavy atom. The van der Waals surface area contributed by atoms with E-state index in [1.54, 1.807) is 18.5 Å². The lowest BCUT2D eigenvalue weighted by atomic mass is 10.0. The Balaban J connectivity index is 1.75. The van der Waals surface area contributed by atoms with Crippen molar-refractivity contribution in [3.8, 4) is 0 Å². The number of amides is 1. The lowest BCUT2D eigenvalue weighted by molar-refractivity contribution is -0.386. The molecule has 1 aliphatic heterocycles. The number of rotatable bonds is 4. The van der Waals surface area contributed by atoms with E-state index in [1.807, 2.05) is 29.2 Å². The summed E-state index contributed by atoms with van der Waals surface area (Å²) < 4.78 is 1.64. The van der Waals surface area contributed by atoms with Gasteiger partial charge in [0, 0.05) is 18.2 Å². The van der Waals surface area contributed by atoms with Crippen LogP contribution < -0.4 is 0 Å². The number of nitro groups is 1. The molecule has 0 spiro atoms. The molecule has 1 aromatic carbocycles. The molecule has 1 fully saturated rings. The van der Waals surface area contributed by atoms with Gasteiger partial charge in [-0.3, -0.25) is 19.6 Å². The van der Waals surface area contributed by atoms with Gasteiger partial charge in [-0.05, 0) is 57.7 Å². The highest BCUT2D eigenvalue weighted by atomic mass is 16.6. The lowest BCUT2D eigenvalue weighted by Crippen LogP contribution is -2.42. The third-order valence-electron chi connectivity index (χ3n) is 5.12. The van der Waals surface area contributed by atoms with Crippen LogP contribution in [0, 0.1) is 24.0 Å². The molecule has 1 aliphatic rings. The molecule has 2 heterocycles. The highest BCUT2D eigenvalue weighted by Crippen LogP contribution is 2.23. The van der Waals surface area contributed by atoms with Gasteiger partial charge in [0.15, 0.2) is 0 Å². The van der Waals surface area contributed by atoms with Gasteiger partial charge in [-0.1, -0.05) is 12.1 Å². The summed E-state index contributed by atoms with van der Waals surface area (Å²) in [6, 6.07) is 7.73. The maximum absolute atomic E-state index is 12.7. The molecule has 138 valence electrons. The normalized spacial score (nSPS) is 17.3. The topological polar surface area (TPSA) is 81.3 Å². The molecule has 1 atom stereocenters. The van der Waals surface area contributed by atoms with Crippen molar-refractivity contribution >= 4 is 11.6 Å². The second-order valence-corrected chi connectivity index (χ2v) is 6.97. The molecule has 2 aromatic rings. The number of carbonyl (C=O) groups is 1. The van der Waals surface area contributed by atoms with Crippen LogP contribution in [0.5, 0.6) is 0 Å². The first-order chi connectivity index (χ1) is 12.4. The minimum Gasteiger partial charge on any atom is -0.336 e. The summed E-state index contributed by atoms with van der Waals surface area (Å²) >= 11 is 0. The fraction of sp³-hybridized carbons (Fsp3) is 0.474.